The van der Waals surface area contributed by atoms with Gasteiger partial charge < -0.3 is 9.64 Å². The zero-order chi connectivity index (χ0) is 15.1. The fourth-order valence-corrected chi connectivity index (χ4v) is 3.50. The molecule has 5 heteroatoms. The van der Waals surface area contributed by atoms with E-state index in [9.17, 15) is 4.79 Å². The second kappa shape index (κ2) is 8.06. The minimum Gasteiger partial charge on any atom is -0.381 e. The van der Waals surface area contributed by atoms with Crippen LogP contribution < -0.4 is 0 Å². The summed E-state index contributed by atoms with van der Waals surface area (Å²) in [5.74, 6) is 0.713. The lowest BCUT2D eigenvalue weighted by Gasteiger charge is -2.24. The number of rotatable bonds is 7. The average molecular weight is 304 g/mol. The standard InChI is InChI=1S/C16H20N2O2S/c1-2-9-20-10-3-8-18-15(19)12-21-16(18)14-6-4-13(11-17)5-7-14/h4-7,16H,2-3,8-10,12H2,1H3. The molecule has 0 aromatic heterocycles. The first-order chi connectivity index (χ1) is 10.3. The second-order valence-corrected chi connectivity index (χ2v) is 6.02. The van der Waals surface area contributed by atoms with Crippen molar-refractivity contribution in [3.63, 3.8) is 0 Å². The van der Waals surface area contributed by atoms with Crippen molar-refractivity contribution < 1.29 is 9.53 Å². The molecular weight excluding hydrogens is 284 g/mol. The van der Waals surface area contributed by atoms with Crippen molar-refractivity contribution in [3.8, 4) is 6.07 Å². The van der Waals surface area contributed by atoms with Crippen molar-refractivity contribution in [2.24, 2.45) is 0 Å². The molecule has 0 saturated carbocycles. The number of carbonyl (C=O) groups is 1. The van der Waals surface area contributed by atoms with Gasteiger partial charge in [0, 0.05) is 19.8 Å². The topological polar surface area (TPSA) is 53.3 Å². The van der Waals surface area contributed by atoms with Crippen LogP contribution >= 0.6 is 11.8 Å². The lowest BCUT2D eigenvalue weighted by Crippen LogP contribution is -2.29. The maximum Gasteiger partial charge on any atom is 0.233 e. The van der Waals surface area contributed by atoms with Crippen molar-refractivity contribution in [2.75, 3.05) is 25.5 Å². The van der Waals surface area contributed by atoms with Gasteiger partial charge >= 0.3 is 0 Å². The molecule has 4 nitrogen and oxygen atoms in total. The third kappa shape index (κ3) is 4.23. The van der Waals surface area contributed by atoms with Crippen molar-refractivity contribution in [2.45, 2.75) is 25.1 Å². The van der Waals surface area contributed by atoms with Gasteiger partial charge in [0.05, 0.1) is 17.4 Å². The third-order valence-electron chi connectivity index (χ3n) is 3.33. The molecular formula is C16H20N2O2S. The number of ether oxygens (including phenoxy) is 1. The highest BCUT2D eigenvalue weighted by Gasteiger charge is 2.32. The van der Waals surface area contributed by atoms with E-state index in [0.717, 1.165) is 31.6 Å². The normalized spacial score (nSPS) is 18.0. The van der Waals surface area contributed by atoms with E-state index >= 15 is 0 Å². The van der Waals surface area contributed by atoms with E-state index in [1.165, 1.54) is 0 Å². The van der Waals surface area contributed by atoms with Gasteiger partial charge in [-0.1, -0.05) is 19.1 Å². The first kappa shape index (κ1) is 15.9. The maximum atomic E-state index is 12.0. The van der Waals surface area contributed by atoms with Crippen LogP contribution in [0.4, 0.5) is 0 Å². The van der Waals surface area contributed by atoms with E-state index in [-0.39, 0.29) is 11.3 Å². The molecule has 1 amide bonds. The van der Waals surface area contributed by atoms with Crippen LogP contribution in [0.3, 0.4) is 0 Å². The van der Waals surface area contributed by atoms with Gasteiger partial charge in [-0.3, -0.25) is 4.79 Å². The fourth-order valence-electron chi connectivity index (χ4n) is 2.28. The van der Waals surface area contributed by atoms with Crippen LogP contribution in [0.25, 0.3) is 0 Å². The Morgan fingerprint density at radius 1 is 1.38 bits per heavy atom. The van der Waals surface area contributed by atoms with Gasteiger partial charge in [-0.25, -0.2) is 0 Å². The lowest BCUT2D eigenvalue weighted by atomic mass is 10.1. The van der Waals surface area contributed by atoms with E-state index in [1.807, 2.05) is 17.0 Å². The quantitative estimate of drug-likeness (QED) is 0.727. The minimum atomic E-state index is 0.0661. The van der Waals surface area contributed by atoms with Gasteiger partial charge in [0.25, 0.3) is 0 Å². The van der Waals surface area contributed by atoms with Crippen LogP contribution in [0.15, 0.2) is 24.3 Å². The molecule has 21 heavy (non-hydrogen) atoms. The van der Waals surface area contributed by atoms with Crippen LogP contribution in [0.1, 0.15) is 36.3 Å². The number of thioether (sulfide) groups is 1. The zero-order valence-corrected chi connectivity index (χ0v) is 13.1. The van der Waals surface area contributed by atoms with Gasteiger partial charge in [-0.05, 0) is 30.5 Å². The molecule has 1 saturated heterocycles. The van der Waals surface area contributed by atoms with Crippen LogP contribution in [0.2, 0.25) is 0 Å². The summed E-state index contributed by atoms with van der Waals surface area (Å²) in [5.41, 5.74) is 1.73. The minimum absolute atomic E-state index is 0.0661. The molecule has 1 unspecified atom stereocenters. The van der Waals surface area contributed by atoms with Crippen LogP contribution in [0, 0.1) is 11.3 Å². The molecule has 0 aliphatic carbocycles. The van der Waals surface area contributed by atoms with Crippen LogP contribution in [-0.4, -0.2) is 36.3 Å². The molecule has 1 fully saturated rings. The van der Waals surface area contributed by atoms with Crippen molar-refractivity contribution in [1.82, 2.24) is 4.90 Å². The number of hydrogen-bond acceptors (Lipinski definition) is 4. The Kier molecular flexibility index (Phi) is 6.09. The Morgan fingerprint density at radius 2 is 2.14 bits per heavy atom. The van der Waals surface area contributed by atoms with Crippen LogP contribution in [0.5, 0.6) is 0 Å². The first-order valence-electron chi connectivity index (χ1n) is 7.25. The molecule has 1 aliphatic rings. The molecule has 1 aromatic rings. The summed E-state index contributed by atoms with van der Waals surface area (Å²) in [4.78, 5) is 13.9. The Balaban J connectivity index is 1.94. The first-order valence-corrected chi connectivity index (χ1v) is 8.30. The zero-order valence-electron chi connectivity index (χ0n) is 12.2. The van der Waals surface area contributed by atoms with Gasteiger partial charge in [0.15, 0.2) is 0 Å². The van der Waals surface area contributed by atoms with E-state index in [2.05, 4.69) is 13.0 Å². The summed E-state index contributed by atoms with van der Waals surface area (Å²) in [6.45, 7) is 4.28. The largest absolute Gasteiger partial charge is 0.381 e. The highest BCUT2D eigenvalue weighted by molar-refractivity contribution is 8.00. The molecule has 0 bridgehead atoms. The number of nitriles is 1. The van der Waals surface area contributed by atoms with Crippen LogP contribution in [-0.2, 0) is 9.53 Å². The Labute approximate surface area is 130 Å². The predicted molar refractivity (Wildman–Crippen MR) is 83.8 cm³/mol. The fraction of sp³-hybridized carbons (Fsp3) is 0.500. The molecule has 1 aromatic carbocycles. The smallest absolute Gasteiger partial charge is 0.233 e. The molecule has 1 heterocycles. The molecule has 0 spiro atoms. The summed E-state index contributed by atoms with van der Waals surface area (Å²) in [7, 11) is 0. The van der Waals surface area contributed by atoms with E-state index in [4.69, 9.17) is 10.00 Å². The summed E-state index contributed by atoms with van der Waals surface area (Å²) in [5, 5.41) is 8.91. The van der Waals surface area contributed by atoms with Crippen molar-refractivity contribution >= 4 is 17.7 Å². The second-order valence-electron chi connectivity index (χ2n) is 4.95. The Hall–Kier alpha value is -1.51. The van der Waals surface area contributed by atoms with Gasteiger partial charge in [0.1, 0.15) is 5.37 Å². The number of nitrogens with zero attached hydrogens (tertiary/aromatic N) is 2. The molecule has 1 atom stereocenters. The lowest BCUT2D eigenvalue weighted by molar-refractivity contribution is -0.128. The Bertz CT molecular complexity index is 510. The SMILES string of the molecule is CCCOCCCN1C(=O)CSC1c1ccc(C#N)cc1. The number of hydrogen-bond donors (Lipinski definition) is 0. The Morgan fingerprint density at radius 3 is 2.81 bits per heavy atom. The van der Waals surface area contributed by atoms with Crippen molar-refractivity contribution in [1.29, 1.82) is 5.26 Å². The van der Waals surface area contributed by atoms with Gasteiger partial charge in [0.2, 0.25) is 5.91 Å². The summed E-state index contributed by atoms with van der Waals surface area (Å²) >= 11 is 1.65. The van der Waals surface area contributed by atoms with Crippen molar-refractivity contribution in [3.05, 3.63) is 35.4 Å². The highest BCUT2D eigenvalue weighted by Crippen LogP contribution is 2.38. The van der Waals surface area contributed by atoms with Gasteiger partial charge in [-0.15, -0.1) is 11.8 Å². The van der Waals surface area contributed by atoms with E-state index in [0.29, 0.717) is 17.9 Å². The van der Waals surface area contributed by atoms with E-state index in [1.54, 1.807) is 23.9 Å². The molecule has 2 rings (SSSR count). The summed E-state index contributed by atoms with van der Waals surface area (Å²) < 4.78 is 5.47. The highest BCUT2D eigenvalue weighted by atomic mass is 32.2. The molecule has 0 radical (unpaired) electrons. The van der Waals surface area contributed by atoms with E-state index < -0.39 is 0 Å². The summed E-state index contributed by atoms with van der Waals surface area (Å²) in [6, 6.07) is 9.61. The molecule has 112 valence electrons. The number of amides is 1. The number of carbonyl (C=O) groups excluding carboxylic acids is 1. The third-order valence-corrected chi connectivity index (χ3v) is 4.59. The van der Waals surface area contributed by atoms with Gasteiger partial charge in [-0.2, -0.15) is 5.26 Å². The maximum absolute atomic E-state index is 12.0. The summed E-state index contributed by atoms with van der Waals surface area (Å²) in [6.07, 6.45) is 1.88. The predicted octanol–water partition coefficient (Wildman–Crippen LogP) is 2.95. The number of benzene rings is 1. The average Bonchev–Trinajstić information content (AvgIpc) is 2.88. The molecule has 0 N–H and O–H groups in total. The molecule has 1 aliphatic heterocycles. The monoisotopic (exact) mass is 304 g/mol.